The number of pyridine rings is 1. The molecule has 1 heterocycles. The number of nitro groups is 1. The highest BCUT2D eigenvalue weighted by Crippen LogP contribution is 2.29. The average Bonchev–Trinajstić information content (AvgIpc) is 2.73. The maximum absolute atomic E-state index is 12.7. The van der Waals surface area contributed by atoms with Gasteiger partial charge in [0.05, 0.1) is 27.7 Å². The van der Waals surface area contributed by atoms with E-state index in [0.29, 0.717) is 0 Å². The number of aliphatic imine (C=N–C) groups is 1. The number of rotatable bonds is 5. The zero-order chi connectivity index (χ0) is 21.8. The summed E-state index contributed by atoms with van der Waals surface area (Å²) in [4.78, 5) is 27.1. The third-order valence-corrected chi connectivity index (χ3v) is 4.81. The molecule has 2 aromatic carbocycles. The summed E-state index contributed by atoms with van der Waals surface area (Å²) in [5.41, 5.74) is 0.551. The van der Waals surface area contributed by atoms with E-state index in [1.54, 1.807) is 24.3 Å². The SMILES string of the molecule is Cc1c(C=Nc2ccc([N+](=O)[O-])cc2Cl)c(O)n(Cc2ccccc2)c(=O)c1C#N. The fourth-order valence-electron chi connectivity index (χ4n) is 2.89. The molecule has 0 bridgehead atoms. The van der Waals surface area contributed by atoms with Crippen molar-refractivity contribution < 1.29 is 10.0 Å². The second-order valence-corrected chi connectivity index (χ2v) is 6.78. The van der Waals surface area contributed by atoms with Gasteiger partial charge in [-0.25, -0.2) is 0 Å². The van der Waals surface area contributed by atoms with Crippen LogP contribution in [0, 0.1) is 28.4 Å². The van der Waals surface area contributed by atoms with Gasteiger partial charge < -0.3 is 5.11 Å². The van der Waals surface area contributed by atoms with Crippen LogP contribution in [0.25, 0.3) is 0 Å². The molecule has 1 N–H and O–H groups in total. The molecule has 0 radical (unpaired) electrons. The number of nitro benzene ring substituents is 1. The molecule has 0 amide bonds. The predicted octanol–water partition coefficient (Wildman–Crippen LogP) is 4.09. The minimum absolute atomic E-state index is 0.0516. The topological polar surface area (TPSA) is 122 Å². The first kappa shape index (κ1) is 20.8. The fraction of sp³-hybridized carbons (Fsp3) is 0.0952. The number of non-ortho nitro benzene ring substituents is 1. The van der Waals surface area contributed by atoms with Crippen LogP contribution in [0.1, 0.15) is 22.3 Å². The number of nitrogens with zero attached hydrogens (tertiary/aromatic N) is 4. The summed E-state index contributed by atoms with van der Waals surface area (Å²) >= 11 is 6.05. The molecule has 0 spiro atoms. The Labute approximate surface area is 176 Å². The van der Waals surface area contributed by atoms with Gasteiger partial charge in [-0.3, -0.25) is 24.5 Å². The van der Waals surface area contributed by atoms with Crippen LogP contribution in [0.3, 0.4) is 0 Å². The summed E-state index contributed by atoms with van der Waals surface area (Å²) in [5.74, 6) is -0.345. The number of halogens is 1. The van der Waals surface area contributed by atoms with Crippen molar-refractivity contribution in [2.45, 2.75) is 13.5 Å². The molecule has 3 aromatic rings. The van der Waals surface area contributed by atoms with E-state index in [2.05, 4.69) is 4.99 Å². The van der Waals surface area contributed by atoms with Crippen molar-refractivity contribution in [3.8, 4) is 11.9 Å². The summed E-state index contributed by atoms with van der Waals surface area (Å²) in [6, 6.07) is 14.7. The zero-order valence-corrected chi connectivity index (χ0v) is 16.5. The first-order chi connectivity index (χ1) is 14.3. The van der Waals surface area contributed by atoms with Crippen LogP contribution in [0.4, 0.5) is 11.4 Å². The van der Waals surface area contributed by atoms with Gasteiger partial charge in [-0.1, -0.05) is 41.9 Å². The second kappa shape index (κ2) is 8.59. The average molecular weight is 423 g/mol. The van der Waals surface area contributed by atoms with Crippen molar-refractivity contribution >= 4 is 29.2 Å². The fourth-order valence-corrected chi connectivity index (χ4v) is 3.11. The van der Waals surface area contributed by atoms with Gasteiger partial charge in [0.1, 0.15) is 11.6 Å². The summed E-state index contributed by atoms with van der Waals surface area (Å²) < 4.78 is 1.10. The number of aromatic nitrogens is 1. The molecule has 9 heteroatoms. The molecule has 0 aliphatic carbocycles. The van der Waals surface area contributed by atoms with Gasteiger partial charge >= 0.3 is 0 Å². The number of hydrogen-bond acceptors (Lipinski definition) is 6. The van der Waals surface area contributed by atoms with Crippen LogP contribution in [-0.4, -0.2) is 20.8 Å². The van der Waals surface area contributed by atoms with Crippen LogP contribution < -0.4 is 5.56 Å². The van der Waals surface area contributed by atoms with E-state index in [1.807, 2.05) is 12.1 Å². The molecular weight excluding hydrogens is 408 g/mol. The second-order valence-electron chi connectivity index (χ2n) is 6.38. The number of aromatic hydroxyl groups is 1. The van der Waals surface area contributed by atoms with Gasteiger partial charge in [-0.15, -0.1) is 0 Å². The van der Waals surface area contributed by atoms with Crippen molar-refractivity contribution in [2.75, 3.05) is 0 Å². The highest BCUT2D eigenvalue weighted by Gasteiger charge is 2.18. The number of benzene rings is 2. The molecule has 0 aliphatic rings. The Kier molecular flexibility index (Phi) is 5.95. The minimum atomic E-state index is -0.609. The van der Waals surface area contributed by atoms with E-state index in [0.717, 1.165) is 16.2 Å². The highest BCUT2D eigenvalue weighted by molar-refractivity contribution is 6.33. The molecule has 1 aromatic heterocycles. The maximum atomic E-state index is 12.7. The smallest absolute Gasteiger partial charge is 0.271 e. The summed E-state index contributed by atoms with van der Waals surface area (Å²) in [6.45, 7) is 1.60. The molecule has 30 heavy (non-hydrogen) atoms. The molecule has 0 atom stereocenters. The molecule has 3 rings (SSSR count). The molecular formula is C21H15ClN4O4. The van der Waals surface area contributed by atoms with E-state index in [-0.39, 0.29) is 45.5 Å². The summed E-state index contributed by atoms with van der Waals surface area (Å²) in [7, 11) is 0. The normalized spacial score (nSPS) is 10.8. The molecule has 0 saturated heterocycles. The Morgan fingerprint density at radius 2 is 2.00 bits per heavy atom. The lowest BCUT2D eigenvalue weighted by Crippen LogP contribution is -2.25. The van der Waals surface area contributed by atoms with Crippen molar-refractivity contribution in [3.05, 3.63) is 96.3 Å². The summed E-state index contributed by atoms with van der Waals surface area (Å²) in [5, 5.41) is 31.1. The molecule has 150 valence electrons. The number of hydrogen-bond donors (Lipinski definition) is 1. The first-order valence-electron chi connectivity index (χ1n) is 8.72. The van der Waals surface area contributed by atoms with E-state index < -0.39 is 10.5 Å². The molecule has 0 aliphatic heterocycles. The number of nitriles is 1. The van der Waals surface area contributed by atoms with Crippen molar-refractivity contribution in [2.24, 2.45) is 4.99 Å². The van der Waals surface area contributed by atoms with Gasteiger partial charge in [0, 0.05) is 18.3 Å². The largest absolute Gasteiger partial charge is 0.494 e. The molecule has 0 fully saturated rings. The quantitative estimate of drug-likeness (QED) is 0.377. The molecule has 0 unspecified atom stereocenters. The Morgan fingerprint density at radius 3 is 2.60 bits per heavy atom. The lowest BCUT2D eigenvalue weighted by Gasteiger charge is -2.14. The zero-order valence-electron chi connectivity index (χ0n) is 15.7. The Balaban J connectivity index is 2.10. The lowest BCUT2D eigenvalue weighted by atomic mass is 10.1. The van der Waals surface area contributed by atoms with Crippen LogP contribution in [0.2, 0.25) is 5.02 Å². The molecule has 0 saturated carbocycles. The van der Waals surface area contributed by atoms with Crippen molar-refractivity contribution in [1.29, 1.82) is 5.26 Å². The maximum Gasteiger partial charge on any atom is 0.271 e. The molecule has 8 nitrogen and oxygen atoms in total. The third-order valence-electron chi connectivity index (χ3n) is 4.50. The van der Waals surface area contributed by atoms with Crippen molar-refractivity contribution in [3.63, 3.8) is 0 Å². The minimum Gasteiger partial charge on any atom is -0.494 e. The highest BCUT2D eigenvalue weighted by atomic mass is 35.5. The van der Waals surface area contributed by atoms with Gasteiger partial charge in [0.15, 0.2) is 0 Å². The van der Waals surface area contributed by atoms with E-state index >= 15 is 0 Å². The van der Waals surface area contributed by atoms with Crippen molar-refractivity contribution in [1.82, 2.24) is 4.57 Å². The van der Waals surface area contributed by atoms with Gasteiger partial charge in [-0.05, 0) is 24.1 Å². The Bertz CT molecular complexity index is 1260. The van der Waals surface area contributed by atoms with Gasteiger partial charge in [0.25, 0.3) is 11.2 Å². The van der Waals surface area contributed by atoms with Crippen LogP contribution >= 0.6 is 11.6 Å². The third kappa shape index (κ3) is 4.06. The van der Waals surface area contributed by atoms with E-state index in [1.165, 1.54) is 25.3 Å². The summed E-state index contributed by atoms with van der Waals surface area (Å²) in [6.07, 6.45) is 1.28. The Morgan fingerprint density at radius 1 is 1.30 bits per heavy atom. The van der Waals surface area contributed by atoms with Crippen LogP contribution in [0.15, 0.2) is 58.3 Å². The van der Waals surface area contributed by atoms with Gasteiger partial charge in [0.2, 0.25) is 5.88 Å². The van der Waals surface area contributed by atoms with Gasteiger partial charge in [-0.2, -0.15) is 5.26 Å². The first-order valence-corrected chi connectivity index (χ1v) is 9.09. The van der Waals surface area contributed by atoms with Crippen LogP contribution in [-0.2, 0) is 6.54 Å². The lowest BCUT2D eigenvalue weighted by molar-refractivity contribution is -0.384. The predicted molar refractivity (Wildman–Crippen MR) is 113 cm³/mol. The van der Waals surface area contributed by atoms with Crippen LogP contribution in [0.5, 0.6) is 5.88 Å². The standard InChI is InChI=1S/C21H15ClN4O4/c1-13-16(10-23)20(27)25(12-14-5-3-2-4-6-14)21(28)17(13)11-24-19-8-7-15(26(29)30)9-18(19)22/h2-9,11,28H,12H2,1H3. The monoisotopic (exact) mass is 422 g/mol. The van der Waals surface area contributed by atoms with E-state index in [4.69, 9.17) is 11.6 Å². The Hall–Kier alpha value is -3.96. The van der Waals surface area contributed by atoms with E-state index in [9.17, 15) is 25.3 Å².